The van der Waals surface area contributed by atoms with E-state index < -0.39 is 11.8 Å². The molecule has 36 heavy (non-hydrogen) atoms. The standard InChI is InChI=1S/C24H21ClN8O3/c25-16-12-27-24(28-13-16)33-9-7-32(8-10-33)22(36)15-4-1-3-14(11-15)21(35)31-23-29-18-6-2-5-17(20(26)34)19(18)30-23/h1-6,11-13H,7-10H2,(H2,26,34)(H2,29,30,31,35). The Hall–Kier alpha value is -4.51. The Labute approximate surface area is 210 Å². The topological polar surface area (TPSA) is 150 Å². The number of H-pyrrole nitrogens is 1. The number of nitrogens with two attached hydrogens (primary N) is 1. The number of piperazine rings is 1. The number of amides is 3. The molecule has 4 aromatic rings. The maximum absolute atomic E-state index is 13.1. The lowest BCUT2D eigenvalue weighted by atomic mass is 10.1. The number of primary amides is 1. The van der Waals surface area contributed by atoms with E-state index >= 15 is 0 Å². The number of carbonyl (C=O) groups is 3. The molecule has 2 aromatic carbocycles. The predicted octanol–water partition coefficient (Wildman–Crippen LogP) is 2.32. The number of hydrogen-bond acceptors (Lipinski definition) is 7. The van der Waals surface area contributed by atoms with Crippen LogP contribution < -0.4 is 16.0 Å². The normalized spacial score (nSPS) is 13.6. The number of rotatable bonds is 5. The van der Waals surface area contributed by atoms with Gasteiger partial charge in [-0.05, 0) is 30.3 Å². The quantitative estimate of drug-likeness (QED) is 0.377. The number of aromatic nitrogens is 4. The number of nitrogens with one attached hydrogen (secondary N) is 2. The molecule has 2 aromatic heterocycles. The SMILES string of the molecule is NC(=O)c1cccc2[nH]c(NC(=O)c3cccc(C(=O)N4CCN(c5ncc(Cl)cn5)CC4)c3)nc12. The smallest absolute Gasteiger partial charge is 0.257 e. The third-order valence-corrected chi connectivity index (χ3v) is 6.03. The van der Waals surface area contributed by atoms with Gasteiger partial charge in [-0.3, -0.25) is 19.7 Å². The van der Waals surface area contributed by atoms with Crippen molar-refractivity contribution in [2.24, 2.45) is 5.73 Å². The van der Waals surface area contributed by atoms with E-state index in [1.165, 1.54) is 0 Å². The number of fused-ring (bicyclic) bond motifs is 1. The molecule has 3 amide bonds. The van der Waals surface area contributed by atoms with Gasteiger partial charge in [-0.15, -0.1) is 0 Å². The van der Waals surface area contributed by atoms with Crippen molar-refractivity contribution >= 4 is 52.3 Å². The average molecular weight is 505 g/mol. The lowest BCUT2D eigenvalue weighted by Crippen LogP contribution is -2.49. The second-order valence-electron chi connectivity index (χ2n) is 8.17. The van der Waals surface area contributed by atoms with Gasteiger partial charge in [0.05, 0.1) is 28.5 Å². The maximum Gasteiger partial charge on any atom is 0.257 e. The van der Waals surface area contributed by atoms with Crippen LogP contribution in [0, 0.1) is 0 Å². The van der Waals surface area contributed by atoms with Crippen molar-refractivity contribution < 1.29 is 14.4 Å². The molecule has 182 valence electrons. The van der Waals surface area contributed by atoms with Crippen LogP contribution in [0.4, 0.5) is 11.9 Å². The van der Waals surface area contributed by atoms with Crippen molar-refractivity contribution in [3.8, 4) is 0 Å². The fourth-order valence-electron chi connectivity index (χ4n) is 4.02. The minimum Gasteiger partial charge on any atom is -0.366 e. The molecule has 0 spiro atoms. The third kappa shape index (κ3) is 4.68. The molecule has 0 unspecified atom stereocenters. The number of imidazole rings is 1. The van der Waals surface area contributed by atoms with Crippen LogP contribution in [0.5, 0.6) is 0 Å². The molecule has 1 saturated heterocycles. The van der Waals surface area contributed by atoms with E-state index in [9.17, 15) is 14.4 Å². The van der Waals surface area contributed by atoms with Crippen LogP contribution in [-0.4, -0.2) is 68.7 Å². The van der Waals surface area contributed by atoms with Gasteiger partial charge in [-0.25, -0.2) is 15.0 Å². The van der Waals surface area contributed by atoms with Gasteiger partial charge in [0.25, 0.3) is 17.7 Å². The van der Waals surface area contributed by atoms with Crippen LogP contribution in [-0.2, 0) is 0 Å². The van der Waals surface area contributed by atoms with Crippen molar-refractivity contribution in [2.45, 2.75) is 0 Å². The Morgan fingerprint density at radius 1 is 0.972 bits per heavy atom. The van der Waals surface area contributed by atoms with Crippen LogP contribution in [0.2, 0.25) is 5.02 Å². The molecule has 0 aliphatic carbocycles. The van der Waals surface area contributed by atoms with Gasteiger partial charge in [0.15, 0.2) is 0 Å². The summed E-state index contributed by atoms with van der Waals surface area (Å²) in [7, 11) is 0. The summed E-state index contributed by atoms with van der Waals surface area (Å²) in [4.78, 5) is 57.0. The summed E-state index contributed by atoms with van der Waals surface area (Å²) in [6.07, 6.45) is 3.08. The van der Waals surface area contributed by atoms with Gasteiger partial charge in [-0.2, -0.15) is 0 Å². The minimum atomic E-state index is -0.613. The number of hydrogen-bond donors (Lipinski definition) is 3. The molecule has 11 nitrogen and oxygen atoms in total. The highest BCUT2D eigenvalue weighted by molar-refractivity contribution is 6.30. The maximum atomic E-state index is 13.1. The first-order valence-electron chi connectivity index (χ1n) is 11.1. The van der Waals surface area contributed by atoms with E-state index in [1.54, 1.807) is 59.8 Å². The van der Waals surface area contributed by atoms with Crippen LogP contribution in [0.25, 0.3) is 11.0 Å². The van der Waals surface area contributed by atoms with Gasteiger partial charge >= 0.3 is 0 Å². The van der Waals surface area contributed by atoms with Gasteiger partial charge in [0.1, 0.15) is 5.52 Å². The van der Waals surface area contributed by atoms with Crippen molar-refractivity contribution in [2.75, 3.05) is 36.4 Å². The highest BCUT2D eigenvalue weighted by Gasteiger charge is 2.24. The second-order valence-corrected chi connectivity index (χ2v) is 8.60. The number of halogens is 1. The summed E-state index contributed by atoms with van der Waals surface area (Å²) in [5.74, 6) is -0.498. The number of anilines is 2. The van der Waals surface area contributed by atoms with Crippen LogP contribution in [0.15, 0.2) is 54.9 Å². The van der Waals surface area contributed by atoms with E-state index in [1.807, 2.05) is 4.90 Å². The lowest BCUT2D eigenvalue weighted by Gasteiger charge is -2.34. The summed E-state index contributed by atoms with van der Waals surface area (Å²) in [6, 6.07) is 11.4. The van der Waals surface area contributed by atoms with Gasteiger partial charge in [-0.1, -0.05) is 23.7 Å². The number of para-hydroxylation sites is 1. The Kier molecular flexibility index (Phi) is 6.21. The average Bonchev–Trinajstić information content (AvgIpc) is 3.31. The Bertz CT molecular complexity index is 1460. The summed E-state index contributed by atoms with van der Waals surface area (Å²) >= 11 is 5.85. The molecule has 4 N–H and O–H groups in total. The van der Waals surface area contributed by atoms with Crippen molar-refractivity contribution in [3.63, 3.8) is 0 Å². The summed E-state index contributed by atoms with van der Waals surface area (Å²) in [6.45, 7) is 2.13. The molecule has 5 rings (SSSR count). The molecular weight excluding hydrogens is 484 g/mol. The fraction of sp³-hybridized carbons (Fsp3) is 0.167. The van der Waals surface area contributed by atoms with Crippen molar-refractivity contribution in [1.29, 1.82) is 0 Å². The van der Waals surface area contributed by atoms with Crippen LogP contribution in [0.1, 0.15) is 31.1 Å². The van der Waals surface area contributed by atoms with Gasteiger partial charge < -0.3 is 20.5 Å². The minimum absolute atomic E-state index is 0.168. The molecule has 3 heterocycles. The highest BCUT2D eigenvalue weighted by atomic mass is 35.5. The summed E-state index contributed by atoms with van der Waals surface area (Å²) in [5, 5.41) is 3.14. The van der Waals surface area contributed by atoms with Crippen LogP contribution in [0.3, 0.4) is 0 Å². The highest BCUT2D eigenvalue weighted by Crippen LogP contribution is 2.20. The molecule has 0 radical (unpaired) electrons. The number of aromatic amines is 1. The molecule has 1 aliphatic rings. The Morgan fingerprint density at radius 2 is 1.67 bits per heavy atom. The van der Waals surface area contributed by atoms with Crippen molar-refractivity contribution in [1.82, 2.24) is 24.8 Å². The molecule has 0 bridgehead atoms. The molecule has 0 saturated carbocycles. The Morgan fingerprint density at radius 3 is 2.39 bits per heavy atom. The Balaban J connectivity index is 1.26. The number of carbonyl (C=O) groups excluding carboxylic acids is 3. The van der Waals surface area contributed by atoms with E-state index in [0.29, 0.717) is 59.3 Å². The zero-order valence-electron chi connectivity index (χ0n) is 18.9. The van der Waals surface area contributed by atoms with Gasteiger partial charge in [0.2, 0.25) is 11.9 Å². The van der Waals surface area contributed by atoms with E-state index in [2.05, 4.69) is 25.3 Å². The van der Waals surface area contributed by atoms with E-state index in [-0.39, 0.29) is 17.4 Å². The predicted molar refractivity (Wildman–Crippen MR) is 134 cm³/mol. The monoisotopic (exact) mass is 504 g/mol. The van der Waals surface area contributed by atoms with Crippen LogP contribution >= 0.6 is 11.6 Å². The molecule has 12 heteroatoms. The summed E-state index contributed by atoms with van der Waals surface area (Å²) in [5.41, 5.74) is 7.28. The third-order valence-electron chi connectivity index (χ3n) is 5.84. The first kappa shape index (κ1) is 23.2. The zero-order chi connectivity index (χ0) is 25.2. The fourth-order valence-corrected chi connectivity index (χ4v) is 4.12. The number of nitrogens with zero attached hydrogens (tertiary/aromatic N) is 5. The molecule has 0 atom stereocenters. The first-order chi connectivity index (χ1) is 17.4. The van der Waals surface area contributed by atoms with E-state index in [4.69, 9.17) is 17.3 Å². The lowest BCUT2D eigenvalue weighted by molar-refractivity contribution is 0.0746. The largest absolute Gasteiger partial charge is 0.366 e. The zero-order valence-corrected chi connectivity index (χ0v) is 19.7. The van der Waals surface area contributed by atoms with Gasteiger partial charge in [0, 0.05) is 37.3 Å². The first-order valence-corrected chi connectivity index (χ1v) is 11.5. The number of benzene rings is 2. The van der Waals surface area contributed by atoms with E-state index in [0.717, 1.165) is 0 Å². The molecular formula is C24H21ClN8O3. The summed E-state index contributed by atoms with van der Waals surface area (Å²) < 4.78 is 0. The molecule has 1 aliphatic heterocycles. The van der Waals surface area contributed by atoms with Crippen molar-refractivity contribution in [3.05, 3.63) is 76.6 Å². The second kappa shape index (κ2) is 9.62. The molecule has 1 fully saturated rings.